The highest BCUT2D eigenvalue weighted by molar-refractivity contribution is 5.92. The maximum Gasteiger partial charge on any atom is 0.273 e. The van der Waals surface area contributed by atoms with Crippen molar-refractivity contribution >= 4 is 5.91 Å². The minimum atomic E-state index is -0.0610. The second kappa shape index (κ2) is 8.43. The molecule has 0 aliphatic rings. The van der Waals surface area contributed by atoms with Crippen LogP contribution in [0.15, 0.2) is 67.1 Å². The lowest BCUT2D eigenvalue weighted by Gasteiger charge is -2.29. The standard InChI is InChI=1S/C21H24N4O/c1-17(11-12-18-8-4-3-5-9-18)25(16-20-23-14-15-24(20)2)21(26)19-10-6-7-13-22-19/h3-10,13-15,17H,11-12,16H2,1-2H3/t17-/m1/s1. The molecule has 2 heterocycles. The molecule has 3 rings (SSSR count). The maximum atomic E-state index is 13.1. The number of aromatic nitrogens is 3. The number of aryl methyl sites for hydroxylation is 2. The second-order valence-corrected chi connectivity index (χ2v) is 6.48. The van der Waals surface area contributed by atoms with Crippen LogP contribution in [0.3, 0.4) is 0 Å². The zero-order valence-corrected chi connectivity index (χ0v) is 15.2. The van der Waals surface area contributed by atoms with Gasteiger partial charge >= 0.3 is 0 Å². The van der Waals surface area contributed by atoms with Gasteiger partial charge in [0.05, 0.1) is 6.54 Å². The van der Waals surface area contributed by atoms with Gasteiger partial charge in [-0.2, -0.15) is 0 Å². The molecule has 0 aliphatic carbocycles. The number of rotatable bonds is 7. The molecule has 5 nitrogen and oxygen atoms in total. The summed E-state index contributed by atoms with van der Waals surface area (Å²) in [5.41, 5.74) is 1.75. The molecule has 0 fully saturated rings. The van der Waals surface area contributed by atoms with Crippen LogP contribution in [0, 0.1) is 0 Å². The predicted molar refractivity (Wildman–Crippen MR) is 102 cm³/mol. The average Bonchev–Trinajstić information content (AvgIpc) is 3.10. The van der Waals surface area contributed by atoms with Gasteiger partial charge in [0.1, 0.15) is 11.5 Å². The van der Waals surface area contributed by atoms with Crippen LogP contribution in [0.25, 0.3) is 0 Å². The van der Waals surface area contributed by atoms with Crippen molar-refractivity contribution in [2.24, 2.45) is 7.05 Å². The Kier molecular flexibility index (Phi) is 5.79. The van der Waals surface area contributed by atoms with E-state index in [9.17, 15) is 4.79 Å². The summed E-state index contributed by atoms with van der Waals surface area (Å²) in [5.74, 6) is 0.801. The molecule has 26 heavy (non-hydrogen) atoms. The Morgan fingerprint density at radius 1 is 1.08 bits per heavy atom. The van der Waals surface area contributed by atoms with Gasteiger partial charge in [-0.15, -0.1) is 0 Å². The van der Waals surface area contributed by atoms with Crippen LogP contribution >= 0.6 is 0 Å². The Balaban J connectivity index is 1.77. The second-order valence-electron chi connectivity index (χ2n) is 6.48. The van der Waals surface area contributed by atoms with Crippen molar-refractivity contribution in [2.45, 2.75) is 32.4 Å². The van der Waals surface area contributed by atoms with E-state index in [0.29, 0.717) is 12.2 Å². The highest BCUT2D eigenvalue weighted by Gasteiger charge is 2.24. The Bertz CT molecular complexity index is 829. The van der Waals surface area contributed by atoms with Gasteiger partial charge in [-0.3, -0.25) is 9.78 Å². The summed E-state index contributed by atoms with van der Waals surface area (Å²) >= 11 is 0. The summed E-state index contributed by atoms with van der Waals surface area (Å²) in [4.78, 5) is 23.5. The fraction of sp³-hybridized carbons (Fsp3) is 0.286. The topological polar surface area (TPSA) is 51.0 Å². The number of benzene rings is 1. The largest absolute Gasteiger partial charge is 0.337 e. The van der Waals surface area contributed by atoms with Crippen molar-refractivity contribution in [3.63, 3.8) is 0 Å². The Labute approximate surface area is 154 Å². The number of amides is 1. The van der Waals surface area contributed by atoms with Crippen molar-refractivity contribution < 1.29 is 4.79 Å². The lowest BCUT2D eigenvalue weighted by atomic mass is 10.0. The maximum absolute atomic E-state index is 13.1. The summed E-state index contributed by atoms with van der Waals surface area (Å²) in [6.07, 6.45) is 7.11. The van der Waals surface area contributed by atoms with Gasteiger partial charge in [-0.05, 0) is 37.5 Å². The van der Waals surface area contributed by atoms with Gasteiger partial charge in [0.15, 0.2) is 0 Å². The number of carbonyl (C=O) groups is 1. The summed E-state index contributed by atoms with van der Waals surface area (Å²) in [6.45, 7) is 2.56. The van der Waals surface area contributed by atoms with E-state index >= 15 is 0 Å². The van der Waals surface area contributed by atoms with E-state index in [1.165, 1.54) is 5.56 Å². The average molecular weight is 348 g/mol. The summed E-state index contributed by atoms with van der Waals surface area (Å²) in [5, 5.41) is 0. The number of imidazole rings is 1. The molecule has 0 bridgehead atoms. The number of pyridine rings is 1. The summed E-state index contributed by atoms with van der Waals surface area (Å²) in [6, 6.07) is 15.8. The van der Waals surface area contributed by atoms with Gasteiger partial charge in [0.2, 0.25) is 0 Å². The molecule has 134 valence electrons. The highest BCUT2D eigenvalue weighted by Crippen LogP contribution is 2.16. The van der Waals surface area contributed by atoms with Crippen molar-refractivity contribution in [2.75, 3.05) is 0 Å². The molecular weight excluding hydrogens is 324 g/mol. The first-order valence-electron chi connectivity index (χ1n) is 8.87. The molecule has 1 atom stereocenters. The Hall–Kier alpha value is -2.95. The summed E-state index contributed by atoms with van der Waals surface area (Å²) in [7, 11) is 1.94. The van der Waals surface area contributed by atoms with E-state index in [1.54, 1.807) is 18.5 Å². The lowest BCUT2D eigenvalue weighted by molar-refractivity contribution is 0.0654. The predicted octanol–water partition coefficient (Wildman–Crippen LogP) is 3.48. The molecule has 0 saturated carbocycles. The SMILES string of the molecule is C[C@H](CCc1ccccc1)N(Cc1nccn1C)C(=O)c1ccccn1. The molecule has 2 aromatic heterocycles. The van der Waals surface area contributed by atoms with Crippen LogP contribution in [0.1, 0.15) is 35.2 Å². The number of nitrogens with zero attached hydrogens (tertiary/aromatic N) is 4. The molecular formula is C21H24N4O. The quantitative estimate of drug-likeness (QED) is 0.657. The molecule has 0 aliphatic heterocycles. The van der Waals surface area contributed by atoms with Crippen molar-refractivity contribution in [3.8, 4) is 0 Å². The molecule has 0 radical (unpaired) electrons. The van der Waals surface area contributed by atoms with Crippen LogP contribution in [0.2, 0.25) is 0 Å². The lowest BCUT2D eigenvalue weighted by Crippen LogP contribution is -2.39. The number of carbonyl (C=O) groups excluding carboxylic acids is 1. The molecule has 0 N–H and O–H groups in total. The molecule has 0 spiro atoms. The van der Waals surface area contributed by atoms with Crippen LogP contribution < -0.4 is 0 Å². The summed E-state index contributed by atoms with van der Waals surface area (Å²) < 4.78 is 1.95. The van der Waals surface area contributed by atoms with E-state index in [2.05, 4.69) is 29.0 Å². The van der Waals surface area contributed by atoms with E-state index in [-0.39, 0.29) is 11.9 Å². The third kappa shape index (κ3) is 4.36. The van der Waals surface area contributed by atoms with Crippen LogP contribution in [0.4, 0.5) is 0 Å². The van der Waals surface area contributed by atoms with Gasteiger partial charge in [-0.25, -0.2) is 4.98 Å². The van der Waals surface area contributed by atoms with Crippen molar-refractivity contribution in [1.29, 1.82) is 0 Å². The van der Waals surface area contributed by atoms with E-state index in [0.717, 1.165) is 18.7 Å². The smallest absolute Gasteiger partial charge is 0.273 e. The molecule has 0 unspecified atom stereocenters. The fourth-order valence-corrected chi connectivity index (χ4v) is 2.94. The van der Waals surface area contributed by atoms with E-state index < -0.39 is 0 Å². The molecule has 1 aromatic carbocycles. The zero-order chi connectivity index (χ0) is 18.4. The van der Waals surface area contributed by atoms with Crippen LogP contribution in [0.5, 0.6) is 0 Å². The molecule has 1 amide bonds. The number of hydrogen-bond donors (Lipinski definition) is 0. The van der Waals surface area contributed by atoms with Gasteiger partial charge in [-0.1, -0.05) is 36.4 Å². The van der Waals surface area contributed by atoms with E-state index in [1.807, 2.05) is 53.0 Å². The van der Waals surface area contributed by atoms with Crippen LogP contribution in [-0.4, -0.2) is 31.4 Å². The van der Waals surface area contributed by atoms with Gasteiger partial charge in [0.25, 0.3) is 5.91 Å². The monoisotopic (exact) mass is 348 g/mol. The molecule has 0 saturated heterocycles. The minimum absolute atomic E-state index is 0.0610. The van der Waals surface area contributed by atoms with Crippen LogP contribution in [-0.2, 0) is 20.0 Å². The van der Waals surface area contributed by atoms with Crippen molar-refractivity contribution in [3.05, 3.63) is 84.2 Å². The Morgan fingerprint density at radius 3 is 2.50 bits per heavy atom. The Morgan fingerprint density at radius 2 is 1.85 bits per heavy atom. The first kappa shape index (κ1) is 17.9. The number of hydrogen-bond acceptors (Lipinski definition) is 3. The fourth-order valence-electron chi connectivity index (χ4n) is 2.94. The third-order valence-electron chi connectivity index (χ3n) is 4.60. The van der Waals surface area contributed by atoms with Crippen molar-refractivity contribution in [1.82, 2.24) is 19.4 Å². The third-order valence-corrected chi connectivity index (χ3v) is 4.60. The van der Waals surface area contributed by atoms with Gasteiger partial charge in [0, 0.05) is 31.7 Å². The highest BCUT2D eigenvalue weighted by atomic mass is 16.2. The van der Waals surface area contributed by atoms with Gasteiger partial charge < -0.3 is 9.47 Å². The minimum Gasteiger partial charge on any atom is -0.337 e. The normalized spacial score (nSPS) is 11.9. The molecule has 5 heteroatoms. The first-order chi connectivity index (χ1) is 12.6. The first-order valence-corrected chi connectivity index (χ1v) is 8.87. The van der Waals surface area contributed by atoms with E-state index in [4.69, 9.17) is 0 Å². The molecule has 3 aromatic rings. The zero-order valence-electron chi connectivity index (χ0n) is 15.2.